The number of carboxylic acid groups (broad SMARTS) is 1. The van der Waals surface area contributed by atoms with Crippen LogP contribution in [-0.2, 0) is 6.42 Å². The summed E-state index contributed by atoms with van der Waals surface area (Å²) < 4.78 is 1.57. The number of carbonyl (C=O) groups is 1. The molecule has 0 bridgehead atoms. The van der Waals surface area contributed by atoms with Gasteiger partial charge in [-0.05, 0) is 19.4 Å². The summed E-state index contributed by atoms with van der Waals surface area (Å²) >= 11 is 0. The van der Waals surface area contributed by atoms with Crippen molar-refractivity contribution in [3.63, 3.8) is 0 Å². The first-order valence-corrected chi connectivity index (χ1v) is 4.58. The van der Waals surface area contributed by atoms with Gasteiger partial charge in [-0.3, -0.25) is 0 Å². The minimum absolute atomic E-state index is 0.00625. The molecular weight excluding hydrogens is 196 g/mol. The minimum atomic E-state index is -1.05. The number of aryl methyl sites for hydroxylation is 2. The summed E-state index contributed by atoms with van der Waals surface area (Å²) in [6.07, 6.45) is 0.683. The molecule has 0 atom stereocenters. The van der Waals surface area contributed by atoms with E-state index in [9.17, 15) is 4.79 Å². The molecule has 0 saturated heterocycles. The zero-order chi connectivity index (χ0) is 11.0. The van der Waals surface area contributed by atoms with E-state index in [4.69, 9.17) is 5.11 Å². The predicted octanol–water partition coefficient (Wildman–Crippen LogP) is 0.693. The van der Waals surface area contributed by atoms with Crippen molar-refractivity contribution in [3.8, 4) is 0 Å². The third-order valence-corrected chi connectivity index (χ3v) is 2.07. The molecule has 0 saturated carbocycles. The Labute approximate surface area is 85.6 Å². The lowest BCUT2D eigenvalue weighted by atomic mass is 10.3. The Kier molecular flexibility index (Phi) is 2.11. The second kappa shape index (κ2) is 3.30. The lowest BCUT2D eigenvalue weighted by molar-refractivity contribution is 0.0690. The van der Waals surface area contributed by atoms with E-state index in [0.29, 0.717) is 18.0 Å². The molecule has 1 N–H and O–H groups in total. The first kappa shape index (κ1) is 9.57. The molecule has 6 nitrogen and oxygen atoms in total. The largest absolute Gasteiger partial charge is 0.477 e. The van der Waals surface area contributed by atoms with Crippen LogP contribution in [0.5, 0.6) is 0 Å². The average molecular weight is 206 g/mol. The van der Waals surface area contributed by atoms with Crippen LogP contribution in [0.2, 0.25) is 0 Å². The van der Waals surface area contributed by atoms with Gasteiger partial charge in [0.2, 0.25) is 0 Å². The Morgan fingerprint density at radius 1 is 1.53 bits per heavy atom. The summed E-state index contributed by atoms with van der Waals surface area (Å²) in [4.78, 5) is 18.7. The van der Waals surface area contributed by atoms with Crippen LogP contribution in [0.3, 0.4) is 0 Å². The highest BCUT2D eigenvalue weighted by Gasteiger charge is 2.12. The van der Waals surface area contributed by atoms with Gasteiger partial charge >= 0.3 is 5.97 Å². The number of nitrogens with zero attached hydrogens (tertiary/aromatic N) is 4. The van der Waals surface area contributed by atoms with E-state index in [0.717, 1.165) is 5.69 Å². The summed E-state index contributed by atoms with van der Waals surface area (Å²) in [5.41, 5.74) is 0.796. The van der Waals surface area contributed by atoms with Crippen LogP contribution in [0.1, 0.15) is 28.9 Å². The standard InChI is InChI=1S/C9H10N4O2/c1-3-6-4-7(8(14)15)11-9-10-5(2)12-13(6)9/h4H,3H2,1-2H3,(H,14,15). The van der Waals surface area contributed by atoms with Crippen LogP contribution in [0.15, 0.2) is 6.07 Å². The van der Waals surface area contributed by atoms with Gasteiger partial charge in [0.1, 0.15) is 5.82 Å². The molecule has 2 rings (SSSR count). The third kappa shape index (κ3) is 1.54. The Balaban J connectivity index is 2.76. The van der Waals surface area contributed by atoms with E-state index in [1.54, 1.807) is 11.4 Å². The Bertz CT molecular complexity index is 532. The fourth-order valence-electron chi connectivity index (χ4n) is 1.39. The zero-order valence-corrected chi connectivity index (χ0v) is 8.43. The highest BCUT2D eigenvalue weighted by Crippen LogP contribution is 2.07. The van der Waals surface area contributed by atoms with Crippen LogP contribution in [0.4, 0.5) is 0 Å². The van der Waals surface area contributed by atoms with Gasteiger partial charge < -0.3 is 5.11 Å². The van der Waals surface area contributed by atoms with Gasteiger partial charge in [0.05, 0.1) is 0 Å². The molecule has 0 unspecified atom stereocenters. The van der Waals surface area contributed by atoms with E-state index in [2.05, 4.69) is 15.1 Å². The van der Waals surface area contributed by atoms with Crippen molar-refractivity contribution in [2.45, 2.75) is 20.3 Å². The van der Waals surface area contributed by atoms with Crippen LogP contribution in [-0.4, -0.2) is 30.7 Å². The molecule has 0 amide bonds. The molecule has 15 heavy (non-hydrogen) atoms. The van der Waals surface area contributed by atoms with Gasteiger partial charge in [0, 0.05) is 5.69 Å². The lowest BCUT2D eigenvalue weighted by Gasteiger charge is -2.01. The maximum absolute atomic E-state index is 10.8. The van der Waals surface area contributed by atoms with Gasteiger partial charge in [0.15, 0.2) is 5.69 Å². The summed E-state index contributed by atoms with van der Waals surface area (Å²) in [6.45, 7) is 3.67. The lowest BCUT2D eigenvalue weighted by Crippen LogP contribution is -2.07. The minimum Gasteiger partial charge on any atom is -0.477 e. The smallest absolute Gasteiger partial charge is 0.354 e. The van der Waals surface area contributed by atoms with Crippen molar-refractivity contribution in [2.75, 3.05) is 0 Å². The fraction of sp³-hybridized carbons (Fsp3) is 0.333. The molecule has 0 aliphatic carbocycles. The number of carboxylic acids is 1. The molecule has 0 aromatic carbocycles. The van der Waals surface area contributed by atoms with Crippen molar-refractivity contribution in [2.24, 2.45) is 0 Å². The Morgan fingerprint density at radius 3 is 2.87 bits per heavy atom. The molecule has 2 heterocycles. The number of fused-ring (bicyclic) bond motifs is 1. The van der Waals surface area contributed by atoms with E-state index in [-0.39, 0.29) is 5.69 Å². The van der Waals surface area contributed by atoms with Gasteiger partial charge in [-0.2, -0.15) is 10.1 Å². The summed E-state index contributed by atoms with van der Waals surface area (Å²) in [5.74, 6) is -0.128. The number of aromatic carboxylic acids is 1. The molecule has 6 heteroatoms. The van der Waals surface area contributed by atoms with Gasteiger partial charge in [-0.25, -0.2) is 14.3 Å². The molecular formula is C9H10N4O2. The fourth-order valence-corrected chi connectivity index (χ4v) is 1.39. The highest BCUT2D eigenvalue weighted by atomic mass is 16.4. The second-order valence-electron chi connectivity index (χ2n) is 3.16. The topological polar surface area (TPSA) is 80.4 Å². The third-order valence-electron chi connectivity index (χ3n) is 2.07. The van der Waals surface area contributed by atoms with E-state index < -0.39 is 5.97 Å². The van der Waals surface area contributed by atoms with E-state index >= 15 is 0 Å². The van der Waals surface area contributed by atoms with Gasteiger partial charge in [0.25, 0.3) is 5.78 Å². The molecule has 78 valence electrons. The Hall–Kier alpha value is -1.98. The van der Waals surface area contributed by atoms with Crippen molar-refractivity contribution in [1.29, 1.82) is 0 Å². The molecule has 2 aromatic heterocycles. The molecule has 0 aliphatic rings. The second-order valence-corrected chi connectivity index (χ2v) is 3.16. The quantitative estimate of drug-likeness (QED) is 0.782. The molecule has 0 fully saturated rings. The maximum atomic E-state index is 10.8. The zero-order valence-electron chi connectivity index (χ0n) is 8.43. The highest BCUT2D eigenvalue weighted by molar-refractivity contribution is 5.85. The summed E-state index contributed by atoms with van der Waals surface area (Å²) in [6, 6.07) is 1.52. The number of hydrogen-bond donors (Lipinski definition) is 1. The number of rotatable bonds is 2. The van der Waals surface area contributed by atoms with Crippen LogP contribution >= 0.6 is 0 Å². The number of aromatic nitrogens is 4. The molecule has 0 aliphatic heterocycles. The molecule has 2 aromatic rings. The summed E-state index contributed by atoms with van der Waals surface area (Å²) in [7, 11) is 0. The van der Waals surface area contributed by atoms with E-state index in [1.807, 2.05) is 6.92 Å². The van der Waals surface area contributed by atoms with Gasteiger partial charge in [-0.15, -0.1) is 0 Å². The van der Waals surface area contributed by atoms with E-state index in [1.165, 1.54) is 6.07 Å². The monoisotopic (exact) mass is 206 g/mol. The molecule has 0 radical (unpaired) electrons. The van der Waals surface area contributed by atoms with Crippen LogP contribution in [0.25, 0.3) is 5.78 Å². The van der Waals surface area contributed by atoms with Crippen molar-refractivity contribution < 1.29 is 9.90 Å². The first-order valence-electron chi connectivity index (χ1n) is 4.58. The molecule has 0 spiro atoms. The first-order chi connectivity index (χ1) is 7.11. The predicted molar refractivity (Wildman–Crippen MR) is 51.9 cm³/mol. The van der Waals surface area contributed by atoms with Crippen molar-refractivity contribution >= 4 is 11.7 Å². The van der Waals surface area contributed by atoms with Crippen LogP contribution < -0.4 is 0 Å². The number of hydrogen-bond acceptors (Lipinski definition) is 4. The maximum Gasteiger partial charge on any atom is 0.354 e. The summed E-state index contributed by atoms with van der Waals surface area (Å²) in [5, 5.41) is 13.0. The Morgan fingerprint density at radius 2 is 2.27 bits per heavy atom. The van der Waals surface area contributed by atoms with Gasteiger partial charge in [-0.1, -0.05) is 6.92 Å². The SMILES string of the molecule is CCc1cc(C(=O)O)nc2nc(C)nn12. The van der Waals surface area contributed by atoms with Crippen molar-refractivity contribution in [3.05, 3.63) is 23.3 Å². The average Bonchev–Trinajstić information content (AvgIpc) is 2.56. The van der Waals surface area contributed by atoms with Crippen molar-refractivity contribution in [1.82, 2.24) is 19.6 Å². The van der Waals surface area contributed by atoms with Crippen LogP contribution in [0, 0.1) is 6.92 Å². The normalized spacial score (nSPS) is 10.8.